The summed E-state index contributed by atoms with van der Waals surface area (Å²) in [5, 5.41) is 7.85. The van der Waals surface area contributed by atoms with E-state index in [0.717, 1.165) is 59.1 Å². The van der Waals surface area contributed by atoms with Crippen molar-refractivity contribution in [2.24, 2.45) is 5.10 Å². The summed E-state index contributed by atoms with van der Waals surface area (Å²) < 4.78 is 18.1. The van der Waals surface area contributed by atoms with Gasteiger partial charge in [-0.15, -0.1) is 0 Å². The minimum atomic E-state index is -0.332. The standard InChI is InChI=1S/C32H37ClN2O3/c1-3-5-6-7-8-9-20-37-27-17-12-24(13-18-27)32-35-30(28-21-25(33)14-19-31(28)38-32)22-29(34-35)23-10-15-26(16-11-23)36-4-2/h10-19,21,30,32H,3-9,20,22H2,1-2H3. The number of hydrogen-bond donors (Lipinski definition) is 0. The molecule has 38 heavy (non-hydrogen) atoms. The van der Waals surface area contributed by atoms with Crippen molar-refractivity contribution in [3.63, 3.8) is 0 Å². The van der Waals surface area contributed by atoms with Gasteiger partial charge in [-0.05, 0) is 85.6 Å². The Morgan fingerprint density at radius 3 is 2.34 bits per heavy atom. The van der Waals surface area contributed by atoms with Crippen molar-refractivity contribution in [3.8, 4) is 17.2 Å². The van der Waals surface area contributed by atoms with Crippen LogP contribution in [0.5, 0.6) is 17.2 Å². The quantitative estimate of drug-likeness (QED) is 0.219. The SMILES string of the molecule is CCCCCCCCOc1ccc(C2Oc3ccc(Cl)cc3C3CC(c4ccc(OCC)cc4)=NN32)cc1. The molecule has 5 rings (SSSR count). The Hall–Kier alpha value is -3.18. The van der Waals surface area contributed by atoms with Crippen LogP contribution in [0.15, 0.2) is 71.8 Å². The van der Waals surface area contributed by atoms with Crippen LogP contribution in [0, 0.1) is 0 Å². The van der Waals surface area contributed by atoms with Crippen LogP contribution < -0.4 is 14.2 Å². The Kier molecular flexibility index (Phi) is 8.75. The Balaban J connectivity index is 1.32. The average molecular weight is 533 g/mol. The fraction of sp³-hybridized carbons (Fsp3) is 0.406. The highest BCUT2D eigenvalue weighted by molar-refractivity contribution is 6.30. The van der Waals surface area contributed by atoms with E-state index in [-0.39, 0.29) is 12.3 Å². The van der Waals surface area contributed by atoms with Crippen molar-refractivity contribution in [2.75, 3.05) is 13.2 Å². The van der Waals surface area contributed by atoms with E-state index in [4.69, 9.17) is 30.9 Å². The van der Waals surface area contributed by atoms with Crippen LogP contribution in [0.3, 0.4) is 0 Å². The van der Waals surface area contributed by atoms with Crippen LogP contribution in [0.2, 0.25) is 5.02 Å². The maximum atomic E-state index is 6.51. The molecule has 0 saturated carbocycles. The highest BCUT2D eigenvalue weighted by atomic mass is 35.5. The highest BCUT2D eigenvalue weighted by Gasteiger charge is 2.41. The van der Waals surface area contributed by atoms with Gasteiger partial charge in [0.05, 0.1) is 25.0 Å². The maximum Gasteiger partial charge on any atom is 0.213 e. The summed E-state index contributed by atoms with van der Waals surface area (Å²) in [5.74, 6) is 2.61. The molecule has 3 aromatic rings. The predicted molar refractivity (Wildman–Crippen MR) is 153 cm³/mol. The van der Waals surface area contributed by atoms with E-state index < -0.39 is 0 Å². The summed E-state index contributed by atoms with van der Waals surface area (Å²) in [6.45, 7) is 5.64. The molecular weight excluding hydrogens is 496 g/mol. The lowest BCUT2D eigenvalue weighted by molar-refractivity contribution is -0.0190. The van der Waals surface area contributed by atoms with Crippen LogP contribution in [-0.2, 0) is 0 Å². The van der Waals surface area contributed by atoms with Crippen molar-refractivity contribution < 1.29 is 14.2 Å². The van der Waals surface area contributed by atoms with Crippen LogP contribution in [0.1, 0.15) is 87.8 Å². The molecule has 0 aliphatic carbocycles. The first-order valence-corrected chi connectivity index (χ1v) is 14.3. The van der Waals surface area contributed by atoms with Gasteiger partial charge in [-0.2, -0.15) is 5.10 Å². The molecule has 2 atom stereocenters. The number of benzene rings is 3. The molecule has 0 amide bonds. The van der Waals surface area contributed by atoms with Crippen molar-refractivity contribution in [3.05, 3.63) is 88.4 Å². The number of rotatable bonds is 12. The number of fused-ring (bicyclic) bond motifs is 3. The second kappa shape index (κ2) is 12.6. The van der Waals surface area contributed by atoms with E-state index >= 15 is 0 Å². The van der Waals surface area contributed by atoms with Crippen molar-refractivity contribution in [1.82, 2.24) is 5.01 Å². The number of hydrazone groups is 1. The molecule has 0 bridgehead atoms. The monoisotopic (exact) mass is 532 g/mol. The second-order valence-corrected chi connectivity index (χ2v) is 10.4. The first-order chi connectivity index (χ1) is 18.7. The van der Waals surface area contributed by atoms with E-state index in [1.807, 2.05) is 49.4 Å². The van der Waals surface area contributed by atoms with Gasteiger partial charge in [-0.25, -0.2) is 5.01 Å². The first kappa shape index (κ1) is 26.4. The van der Waals surface area contributed by atoms with Gasteiger partial charge in [0, 0.05) is 22.6 Å². The molecule has 0 spiro atoms. The van der Waals surface area contributed by atoms with Crippen LogP contribution in [0.4, 0.5) is 0 Å². The largest absolute Gasteiger partial charge is 0.494 e. The molecule has 0 fully saturated rings. The van der Waals surface area contributed by atoms with Crippen LogP contribution >= 0.6 is 11.6 Å². The average Bonchev–Trinajstić information content (AvgIpc) is 3.39. The summed E-state index contributed by atoms with van der Waals surface area (Å²) in [6, 6.07) is 22.3. The number of nitrogens with zero attached hydrogens (tertiary/aromatic N) is 2. The van der Waals surface area contributed by atoms with E-state index in [1.54, 1.807) is 0 Å². The third-order valence-corrected chi connectivity index (χ3v) is 7.42. The molecule has 0 N–H and O–H groups in total. The van der Waals surface area contributed by atoms with Crippen molar-refractivity contribution >= 4 is 17.3 Å². The molecule has 0 radical (unpaired) electrons. The molecule has 2 unspecified atom stereocenters. The summed E-state index contributed by atoms with van der Waals surface area (Å²) in [6.07, 6.45) is 7.98. The van der Waals surface area contributed by atoms with Gasteiger partial charge in [-0.1, -0.05) is 50.6 Å². The molecule has 5 nitrogen and oxygen atoms in total. The van der Waals surface area contributed by atoms with Gasteiger partial charge in [0.25, 0.3) is 0 Å². The minimum absolute atomic E-state index is 0.0488. The molecule has 6 heteroatoms. The van der Waals surface area contributed by atoms with Gasteiger partial charge in [0.15, 0.2) is 0 Å². The zero-order valence-corrected chi connectivity index (χ0v) is 23.1. The zero-order valence-electron chi connectivity index (χ0n) is 22.4. The second-order valence-electron chi connectivity index (χ2n) is 9.94. The summed E-state index contributed by atoms with van der Waals surface area (Å²) in [7, 11) is 0. The van der Waals surface area contributed by atoms with Crippen molar-refractivity contribution in [2.45, 2.75) is 71.1 Å². The van der Waals surface area contributed by atoms with E-state index in [2.05, 4.69) is 36.2 Å². The highest BCUT2D eigenvalue weighted by Crippen LogP contribution is 2.48. The Labute approximate surface area is 231 Å². The molecule has 2 heterocycles. The lowest BCUT2D eigenvalue weighted by atomic mass is 9.96. The fourth-order valence-corrected chi connectivity index (χ4v) is 5.34. The van der Waals surface area contributed by atoms with Crippen LogP contribution in [0.25, 0.3) is 0 Å². The lowest BCUT2D eigenvalue weighted by Crippen LogP contribution is -2.33. The molecular formula is C32H37ClN2O3. The van der Waals surface area contributed by atoms with E-state index in [9.17, 15) is 0 Å². The minimum Gasteiger partial charge on any atom is -0.494 e. The van der Waals surface area contributed by atoms with Gasteiger partial charge in [-0.3, -0.25) is 0 Å². The smallest absolute Gasteiger partial charge is 0.213 e. The summed E-state index contributed by atoms with van der Waals surface area (Å²) >= 11 is 6.38. The Bertz CT molecular complexity index is 1230. The Morgan fingerprint density at radius 2 is 1.58 bits per heavy atom. The van der Waals surface area contributed by atoms with Gasteiger partial charge < -0.3 is 14.2 Å². The normalized spacial score (nSPS) is 17.9. The lowest BCUT2D eigenvalue weighted by Gasteiger charge is -2.38. The topological polar surface area (TPSA) is 43.3 Å². The predicted octanol–water partition coefficient (Wildman–Crippen LogP) is 8.72. The number of unbranched alkanes of at least 4 members (excludes halogenated alkanes) is 5. The van der Waals surface area contributed by atoms with Crippen LogP contribution in [-0.4, -0.2) is 23.9 Å². The third-order valence-electron chi connectivity index (χ3n) is 7.18. The maximum absolute atomic E-state index is 6.51. The van der Waals surface area contributed by atoms with E-state index in [0.29, 0.717) is 11.6 Å². The number of hydrogen-bond acceptors (Lipinski definition) is 5. The van der Waals surface area contributed by atoms with Gasteiger partial charge in [0.1, 0.15) is 17.2 Å². The van der Waals surface area contributed by atoms with E-state index in [1.165, 1.54) is 32.1 Å². The molecule has 200 valence electrons. The first-order valence-electron chi connectivity index (χ1n) is 13.9. The molecule has 2 aliphatic rings. The molecule has 3 aromatic carbocycles. The van der Waals surface area contributed by atoms with Crippen molar-refractivity contribution in [1.29, 1.82) is 0 Å². The third kappa shape index (κ3) is 6.10. The molecule has 0 aromatic heterocycles. The zero-order chi connectivity index (χ0) is 26.3. The van der Waals surface area contributed by atoms with Gasteiger partial charge >= 0.3 is 0 Å². The Morgan fingerprint density at radius 1 is 0.868 bits per heavy atom. The number of ether oxygens (including phenoxy) is 3. The summed E-state index contributed by atoms with van der Waals surface area (Å²) in [5.41, 5.74) is 4.22. The fourth-order valence-electron chi connectivity index (χ4n) is 5.16. The summed E-state index contributed by atoms with van der Waals surface area (Å²) in [4.78, 5) is 0. The van der Waals surface area contributed by atoms with Gasteiger partial charge in [0.2, 0.25) is 6.23 Å². The molecule has 0 saturated heterocycles. The number of halogens is 1. The molecule has 2 aliphatic heterocycles.